The summed E-state index contributed by atoms with van der Waals surface area (Å²) in [5.74, 6) is 1.68. The van der Waals surface area contributed by atoms with E-state index >= 15 is 0 Å². The third-order valence-electron chi connectivity index (χ3n) is 2.39. The van der Waals surface area contributed by atoms with Crippen molar-refractivity contribution >= 4 is 29.0 Å². The standard InChI is InChI=1S/C10H15Cl2N3/c1-3-10(5-11,6-12)15-9-4-8(2)13-7-14-9/h4,7H,3,5-6H2,1-2H3,(H,13,14,15). The highest BCUT2D eigenvalue weighted by Crippen LogP contribution is 2.20. The topological polar surface area (TPSA) is 37.8 Å². The minimum Gasteiger partial charge on any atom is -0.362 e. The number of rotatable bonds is 5. The molecule has 1 aromatic heterocycles. The summed E-state index contributed by atoms with van der Waals surface area (Å²) >= 11 is 11.8. The van der Waals surface area contributed by atoms with Gasteiger partial charge in [-0.25, -0.2) is 9.97 Å². The second kappa shape index (κ2) is 5.52. The number of halogens is 2. The zero-order valence-electron chi connectivity index (χ0n) is 8.93. The number of hydrogen-bond donors (Lipinski definition) is 1. The molecule has 1 rings (SSSR count). The van der Waals surface area contributed by atoms with Crippen molar-refractivity contribution in [2.24, 2.45) is 0 Å². The first-order valence-electron chi connectivity index (χ1n) is 4.84. The molecule has 0 amide bonds. The molecule has 15 heavy (non-hydrogen) atoms. The van der Waals surface area contributed by atoms with Crippen molar-refractivity contribution in [1.29, 1.82) is 0 Å². The quantitative estimate of drug-likeness (QED) is 0.814. The van der Waals surface area contributed by atoms with Crippen molar-refractivity contribution in [2.75, 3.05) is 17.1 Å². The fourth-order valence-electron chi connectivity index (χ4n) is 1.17. The lowest BCUT2D eigenvalue weighted by Gasteiger charge is -2.30. The van der Waals surface area contributed by atoms with Crippen molar-refractivity contribution in [3.05, 3.63) is 18.1 Å². The summed E-state index contributed by atoms with van der Waals surface area (Å²) in [6.07, 6.45) is 2.38. The average molecular weight is 248 g/mol. The van der Waals surface area contributed by atoms with Gasteiger partial charge in [-0.05, 0) is 13.3 Å². The predicted octanol–water partition coefficient (Wildman–Crippen LogP) is 2.82. The van der Waals surface area contributed by atoms with E-state index < -0.39 is 0 Å². The van der Waals surface area contributed by atoms with E-state index in [4.69, 9.17) is 23.2 Å². The Balaban J connectivity index is 2.82. The van der Waals surface area contributed by atoms with Gasteiger partial charge in [0.2, 0.25) is 0 Å². The van der Waals surface area contributed by atoms with Gasteiger partial charge < -0.3 is 5.32 Å². The molecule has 1 aromatic rings. The maximum atomic E-state index is 5.92. The van der Waals surface area contributed by atoms with Crippen LogP contribution in [-0.4, -0.2) is 27.3 Å². The van der Waals surface area contributed by atoms with Crippen molar-refractivity contribution in [2.45, 2.75) is 25.8 Å². The van der Waals surface area contributed by atoms with Crippen molar-refractivity contribution in [1.82, 2.24) is 9.97 Å². The fourth-order valence-corrected chi connectivity index (χ4v) is 1.97. The van der Waals surface area contributed by atoms with Crippen molar-refractivity contribution in [3.63, 3.8) is 0 Å². The van der Waals surface area contributed by atoms with E-state index in [1.165, 1.54) is 6.33 Å². The molecule has 0 fully saturated rings. The van der Waals surface area contributed by atoms with Crippen LogP contribution in [0.1, 0.15) is 19.0 Å². The Hall–Kier alpha value is -0.540. The molecule has 0 aliphatic rings. The molecule has 0 bridgehead atoms. The van der Waals surface area contributed by atoms with Gasteiger partial charge in [-0.15, -0.1) is 23.2 Å². The molecule has 5 heteroatoms. The molecular weight excluding hydrogens is 233 g/mol. The lowest BCUT2D eigenvalue weighted by Crippen LogP contribution is -2.42. The van der Waals surface area contributed by atoms with E-state index in [-0.39, 0.29) is 5.54 Å². The maximum Gasteiger partial charge on any atom is 0.130 e. The minimum atomic E-state index is -0.288. The van der Waals surface area contributed by atoms with Crippen LogP contribution in [0.3, 0.4) is 0 Å². The number of nitrogens with zero attached hydrogens (tertiary/aromatic N) is 2. The van der Waals surface area contributed by atoms with Gasteiger partial charge >= 0.3 is 0 Å². The van der Waals surface area contributed by atoms with E-state index in [0.717, 1.165) is 17.9 Å². The Morgan fingerprint density at radius 1 is 1.33 bits per heavy atom. The zero-order chi connectivity index (χ0) is 11.3. The van der Waals surface area contributed by atoms with Crippen LogP contribution in [-0.2, 0) is 0 Å². The normalized spacial score (nSPS) is 11.5. The van der Waals surface area contributed by atoms with Crippen LogP contribution in [0, 0.1) is 6.92 Å². The number of hydrogen-bond acceptors (Lipinski definition) is 3. The summed E-state index contributed by atoms with van der Waals surface area (Å²) in [7, 11) is 0. The zero-order valence-corrected chi connectivity index (χ0v) is 10.4. The smallest absolute Gasteiger partial charge is 0.130 e. The van der Waals surface area contributed by atoms with Gasteiger partial charge in [-0.1, -0.05) is 6.92 Å². The number of aromatic nitrogens is 2. The summed E-state index contributed by atoms with van der Waals surface area (Å²) in [4.78, 5) is 8.16. The maximum absolute atomic E-state index is 5.92. The van der Waals surface area contributed by atoms with E-state index in [0.29, 0.717) is 11.8 Å². The largest absolute Gasteiger partial charge is 0.362 e. The van der Waals surface area contributed by atoms with Gasteiger partial charge in [0.15, 0.2) is 0 Å². The molecular formula is C10H15Cl2N3. The Bertz CT molecular complexity index is 305. The highest BCUT2D eigenvalue weighted by atomic mass is 35.5. The molecule has 0 atom stereocenters. The SMILES string of the molecule is CCC(CCl)(CCl)Nc1cc(C)ncn1. The fraction of sp³-hybridized carbons (Fsp3) is 0.600. The molecule has 1 N–H and O–H groups in total. The van der Waals surface area contributed by atoms with Crippen LogP contribution < -0.4 is 5.32 Å². The van der Waals surface area contributed by atoms with Crippen LogP contribution in [0.2, 0.25) is 0 Å². The third kappa shape index (κ3) is 3.21. The van der Waals surface area contributed by atoms with E-state index in [9.17, 15) is 0 Å². The van der Waals surface area contributed by atoms with Crippen LogP contribution >= 0.6 is 23.2 Å². The molecule has 1 heterocycles. The minimum absolute atomic E-state index is 0.288. The molecule has 84 valence electrons. The van der Waals surface area contributed by atoms with Gasteiger partial charge in [-0.2, -0.15) is 0 Å². The van der Waals surface area contributed by atoms with Gasteiger partial charge in [0.1, 0.15) is 12.1 Å². The van der Waals surface area contributed by atoms with Crippen LogP contribution in [0.5, 0.6) is 0 Å². The summed E-state index contributed by atoms with van der Waals surface area (Å²) < 4.78 is 0. The number of alkyl halides is 2. The number of aryl methyl sites for hydroxylation is 1. The first-order valence-corrected chi connectivity index (χ1v) is 5.91. The monoisotopic (exact) mass is 247 g/mol. The van der Waals surface area contributed by atoms with Crippen LogP contribution in [0.25, 0.3) is 0 Å². The lowest BCUT2D eigenvalue weighted by atomic mass is 10.0. The van der Waals surface area contributed by atoms with Crippen LogP contribution in [0.4, 0.5) is 5.82 Å². The highest BCUT2D eigenvalue weighted by Gasteiger charge is 2.26. The Kier molecular flexibility index (Phi) is 4.61. The number of nitrogens with one attached hydrogen (secondary N) is 1. The molecule has 0 saturated heterocycles. The number of anilines is 1. The van der Waals surface area contributed by atoms with E-state index in [1.807, 2.05) is 19.9 Å². The Labute approximate surface area is 100 Å². The average Bonchev–Trinajstić information content (AvgIpc) is 2.26. The van der Waals surface area contributed by atoms with Crippen molar-refractivity contribution < 1.29 is 0 Å². The Morgan fingerprint density at radius 3 is 2.47 bits per heavy atom. The van der Waals surface area contributed by atoms with E-state index in [2.05, 4.69) is 15.3 Å². The van der Waals surface area contributed by atoms with Gasteiger partial charge in [-0.3, -0.25) is 0 Å². The predicted molar refractivity (Wildman–Crippen MR) is 64.9 cm³/mol. The first kappa shape index (κ1) is 12.5. The molecule has 0 spiro atoms. The second-order valence-electron chi connectivity index (χ2n) is 3.57. The molecule has 0 aromatic carbocycles. The van der Waals surface area contributed by atoms with Crippen molar-refractivity contribution in [3.8, 4) is 0 Å². The summed E-state index contributed by atoms with van der Waals surface area (Å²) in [5, 5.41) is 3.27. The summed E-state index contributed by atoms with van der Waals surface area (Å²) in [6.45, 7) is 3.97. The second-order valence-corrected chi connectivity index (χ2v) is 4.11. The molecule has 0 saturated carbocycles. The first-order chi connectivity index (χ1) is 7.15. The lowest BCUT2D eigenvalue weighted by molar-refractivity contribution is 0.557. The summed E-state index contributed by atoms with van der Waals surface area (Å²) in [5.41, 5.74) is 0.630. The molecule has 3 nitrogen and oxygen atoms in total. The van der Waals surface area contributed by atoms with Crippen LogP contribution in [0.15, 0.2) is 12.4 Å². The molecule has 0 aliphatic carbocycles. The molecule has 0 radical (unpaired) electrons. The molecule has 0 unspecified atom stereocenters. The van der Waals surface area contributed by atoms with Gasteiger partial charge in [0.05, 0.1) is 5.54 Å². The molecule has 0 aliphatic heterocycles. The highest BCUT2D eigenvalue weighted by molar-refractivity contribution is 6.22. The summed E-state index contributed by atoms with van der Waals surface area (Å²) in [6, 6.07) is 1.88. The Morgan fingerprint density at radius 2 is 2.00 bits per heavy atom. The van der Waals surface area contributed by atoms with E-state index in [1.54, 1.807) is 0 Å². The van der Waals surface area contributed by atoms with Gasteiger partial charge in [0.25, 0.3) is 0 Å². The van der Waals surface area contributed by atoms with Gasteiger partial charge in [0, 0.05) is 23.5 Å². The third-order valence-corrected chi connectivity index (χ3v) is 3.41.